The van der Waals surface area contributed by atoms with Crippen LogP contribution in [0, 0.1) is 0 Å². The number of fused-ring (bicyclic) bond motifs is 1. The summed E-state index contributed by atoms with van der Waals surface area (Å²) >= 11 is 5.71. The minimum atomic E-state index is -4.05. The monoisotopic (exact) mass is 511 g/mol. The molecule has 2 heterocycles. The fourth-order valence-corrected chi connectivity index (χ4v) is 4.59. The van der Waals surface area contributed by atoms with Gasteiger partial charge in [-0.15, -0.1) is 0 Å². The molecule has 0 aromatic heterocycles. The van der Waals surface area contributed by atoms with Crippen molar-refractivity contribution in [2.75, 3.05) is 0 Å². The smallest absolute Gasteiger partial charge is 0.349 e. The van der Waals surface area contributed by atoms with Crippen molar-refractivity contribution in [3.8, 4) is 0 Å². The van der Waals surface area contributed by atoms with Crippen molar-refractivity contribution in [1.82, 2.24) is 15.5 Å². The predicted octanol–water partition coefficient (Wildman–Crippen LogP) is -0.802. The Labute approximate surface area is 222 Å². The molecule has 1 fully saturated rings. The van der Waals surface area contributed by atoms with E-state index in [1.165, 1.54) is 18.2 Å². The maximum atomic E-state index is 14.8. The quantitative estimate of drug-likeness (QED) is 0.407. The average molecular weight is 511 g/mol. The summed E-state index contributed by atoms with van der Waals surface area (Å²) in [6.45, 7) is 0. The van der Waals surface area contributed by atoms with E-state index in [9.17, 15) is 28.0 Å². The van der Waals surface area contributed by atoms with Crippen LogP contribution in [0.5, 0.6) is 0 Å². The molecule has 1 atom stereocenters. The second-order valence-corrected chi connectivity index (χ2v) is 9.26. The molecule has 0 aliphatic carbocycles. The van der Waals surface area contributed by atoms with Crippen molar-refractivity contribution in [2.45, 2.75) is 35.5 Å². The highest BCUT2D eigenvalue weighted by Crippen LogP contribution is 2.38. The third-order valence-corrected chi connectivity index (χ3v) is 6.53. The maximum absolute atomic E-state index is 14.8. The lowest BCUT2D eigenvalue weighted by Crippen LogP contribution is -2.60. The zero-order valence-electron chi connectivity index (χ0n) is 19.1. The van der Waals surface area contributed by atoms with E-state index < -0.39 is 51.8 Å². The molecular weight excluding hydrogens is 498 g/mol. The number of rotatable bonds is 5. The molecule has 15 heteroatoms. The summed E-state index contributed by atoms with van der Waals surface area (Å²) < 4.78 is 29.6. The number of nitrogens with one attached hydrogen (secondary N) is 2. The standard InChI is InChI=1S/C22H13B5ClF2N3O4/c23-16-12(21(24,25)32-19(37)20(29,30)9-1-3-10(28)4-2-9)6-5-11-15(16)22(26,27)33(18(11)36)13-7-8-14(34)31-17(13)35/h1-6,13H,7-8H2,(H,32,37)(H,31,34,35). The molecule has 7 nitrogen and oxygen atoms in total. The molecule has 2 aliphatic heterocycles. The van der Waals surface area contributed by atoms with E-state index in [2.05, 4.69) is 5.32 Å². The Balaban J connectivity index is 1.67. The molecule has 4 amide bonds. The first-order chi connectivity index (χ1) is 17.1. The van der Waals surface area contributed by atoms with Crippen molar-refractivity contribution >= 4 is 79.9 Å². The van der Waals surface area contributed by atoms with E-state index in [4.69, 9.17) is 50.8 Å². The lowest BCUT2D eigenvalue weighted by atomic mass is 9.51. The first kappa shape index (κ1) is 27.0. The van der Waals surface area contributed by atoms with Crippen molar-refractivity contribution < 1.29 is 28.0 Å². The topological polar surface area (TPSA) is 95.6 Å². The molecule has 2 N–H and O–H groups in total. The van der Waals surface area contributed by atoms with Crippen molar-refractivity contribution in [2.24, 2.45) is 0 Å². The summed E-state index contributed by atoms with van der Waals surface area (Å²) in [5, 5.41) is -0.475. The Kier molecular flexibility index (Phi) is 6.63. The van der Waals surface area contributed by atoms with Gasteiger partial charge in [0.15, 0.2) is 0 Å². The SMILES string of the molecule is [B]c1c(C([B])([B])NC(=O)C(F)(F)c2ccc(Cl)cc2)ccc2c1C([B])([B])N(C1CCC(=O)NC1=O)C2=O. The average Bonchev–Trinajstić information content (AvgIpc) is 3.00. The van der Waals surface area contributed by atoms with Gasteiger partial charge in [0.25, 0.3) is 11.8 Å². The minimum Gasteiger partial charge on any atom is -0.358 e. The molecule has 2 aromatic carbocycles. The Morgan fingerprint density at radius 1 is 1.11 bits per heavy atom. The lowest BCUT2D eigenvalue weighted by molar-refractivity contribution is -0.147. The molecule has 176 valence electrons. The van der Waals surface area contributed by atoms with Crippen LogP contribution >= 0.6 is 11.6 Å². The number of amides is 4. The Morgan fingerprint density at radius 3 is 2.32 bits per heavy atom. The molecular formula is C22H13B5ClF2N3O4. The van der Waals surface area contributed by atoms with E-state index in [0.717, 1.165) is 23.1 Å². The van der Waals surface area contributed by atoms with Gasteiger partial charge in [-0.1, -0.05) is 35.3 Å². The first-order valence-electron chi connectivity index (χ1n) is 10.8. The number of benzene rings is 2. The summed E-state index contributed by atoms with van der Waals surface area (Å²) in [7, 11) is 30.7. The normalized spacial score (nSPS) is 19.4. The Hall–Kier alpha value is -3.01. The molecule has 10 radical (unpaired) electrons. The van der Waals surface area contributed by atoms with Crippen molar-refractivity contribution in [3.63, 3.8) is 0 Å². The second-order valence-electron chi connectivity index (χ2n) is 8.82. The molecule has 0 bridgehead atoms. The third-order valence-electron chi connectivity index (χ3n) is 6.27. The molecule has 2 aliphatic rings. The highest BCUT2D eigenvalue weighted by molar-refractivity contribution is 6.49. The van der Waals surface area contributed by atoms with Crippen LogP contribution in [0.2, 0.25) is 5.02 Å². The summed E-state index contributed by atoms with van der Waals surface area (Å²) in [4.78, 5) is 50.5. The van der Waals surface area contributed by atoms with Crippen molar-refractivity contribution in [3.05, 3.63) is 63.7 Å². The van der Waals surface area contributed by atoms with Crippen molar-refractivity contribution in [1.29, 1.82) is 0 Å². The highest BCUT2D eigenvalue weighted by atomic mass is 35.5. The molecule has 2 aromatic rings. The number of piperidine rings is 1. The molecule has 1 saturated heterocycles. The molecule has 0 saturated carbocycles. The van der Waals surface area contributed by atoms with Gasteiger partial charge in [-0.25, -0.2) is 0 Å². The second kappa shape index (κ2) is 9.08. The van der Waals surface area contributed by atoms with Crippen LogP contribution in [0.3, 0.4) is 0 Å². The Morgan fingerprint density at radius 2 is 1.73 bits per heavy atom. The minimum absolute atomic E-state index is 0.0408. The number of nitrogens with zero attached hydrogens (tertiary/aromatic N) is 1. The number of carbonyl (C=O) groups excluding carboxylic acids is 4. The van der Waals surface area contributed by atoms with Crippen LogP contribution in [-0.2, 0) is 31.0 Å². The van der Waals surface area contributed by atoms with Gasteiger partial charge in [-0.05, 0) is 46.4 Å². The number of halogens is 3. The van der Waals surface area contributed by atoms with Gasteiger partial charge in [-0.2, -0.15) is 8.78 Å². The fourth-order valence-electron chi connectivity index (χ4n) is 4.46. The predicted molar refractivity (Wildman–Crippen MR) is 134 cm³/mol. The van der Waals surface area contributed by atoms with Crippen LogP contribution in [-0.4, -0.2) is 73.8 Å². The lowest BCUT2D eigenvalue weighted by Gasteiger charge is -2.41. The van der Waals surface area contributed by atoms with E-state index in [0.29, 0.717) is 0 Å². The fraction of sp³-hybridized carbons (Fsp3) is 0.273. The van der Waals surface area contributed by atoms with Crippen LogP contribution in [0.25, 0.3) is 0 Å². The zero-order chi connectivity index (χ0) is 27.5. The van der Waals surface area contributed by atoms with Gasteiger partial charge in [0.1, 0.15) is 13.9 Å². The number of imide groups is 1. The van der Waals surface area contributed by atoms with Crippen LogP contribution in [0.1, 0.15) is 39.9 Å². The van der Waals surface area contributed by atoms with E-state index in [1.54, 1.807) is 0 Å². The van der Waals surface area contributed by atoms with E-state index in [-0.39, 0.29) is 40.0 Å². The van der Waals surface area contributed by atoms with Crippen LogP contribution in [0.4, 0.5) is 8.78 Å². The summed E-state index contributed by atoms with van der Waals surface area (Å²) in [6.07, 6.45) is -0.100. The number of hydrogen-bond donors (Lipinski definition) is 2. The van der Waals surface area contributed by atoms with E-state index in [1.807, 2.05) is 5.32 Å². The summed E-state index contributed by atoms with van der Waals surface area (Å²) in [5.74, 6) is -7.95. The largest absolute Gasteiger partial charge is 0.358 e. The maximum Gasteiger partial charge on any atom is 0.349 e. The molecule has 37 heavy (non-hydrogen) atoms. The van der Waals surface area contributed by atoms with Gasteiger partial charge in [0.05, 0.1) is 31.4 Å². The molecule has 4 rings (SSSR count). The molecule has 0 spiro atoms. The number of carbonyl (C=O) groups is 4. The molecule has 1 unspecified atom stereocenters. The number of alkyl halides is 2. The third kappa shape index (κ3) is 4.49. The highest BCUT2D eigenvalue weighted by Gasteiger charge is 2.50. The van der Waals surface area contributed by atoms with Gasteiger partial charge >= 0.3 is 5.92 Å². The summed E-state index contributed by atoms with van der Waals surface area (Å²) in [6, 6.07) is 5.45. The van der Waals surface area contributed by atoms with Gasteiger partial charge in [0.2, 0.25) is 11.8 Å². The zero-order valence-corrected chi connectivity index (χ0v) is 19.8. The van der Waals surface area contributed by atoms with Gasteiger partial charge < -0.3 is 10.2 Å². The van der Waals surface area contributed by atoms with Gasteiger partial charge in [0, 0.05) is 22.6 Å². The van der Waals surface area contributed by atoms with E-state index >= 15 is 0 Å². The summed E-state index contributed by atoms with van der Waals surface area (Å²) in [5.41, 5.74) is -1.57. The Bertz CT molecular complexity index is 1340. The first-order valence-corrected chi connectivity index (χ1v) is 11.2. The van der Waals surface area contributed by atoms with Crippen LogP contribution < -0.4 is 16.1 Å². The number of hydrogen-bond acceptors (Lipinski definition) is 4. The van der Waals surface area contributed by atoms with Crippen LogP contribution in [0.15, 0.2) is 36.4 Å². The van der Waals surface area contributed by atoms with Gasteiger partial charge in [-0.3, -0.25) is 24.5 Å².